The fourth-order valence-electron chi connectivity index (χ4n) is 0. The van der Waals surface area contributed by atoms with Gasteiger partial charge < -0.3 is 9.11 Å². The molecule has 0 aliphatic heterocycles. The zero-order valence-corrected chi connectivity index (χ0v) is 9.94. The van der Waals surface area contributed by atoms with E-state index in [9.17, 15) is 0 Å². The molecule has 0 rings (SSSR count). The molecule has 0 spiro atoms. The summed E-state index contributed by atoms with van der Waals surface area (Å²) in [4.78, 5) is 0. The van der Waals surface area contributed by atoms with Gasteiger partial charge in [-0.25, -0.2) is 0 Å². The first-order valence-electron chi connectivity index (χ1n) is 0.667. The van der Waals surface area contributed by atoms with E-state index in [0.717, 1.165) is 0 Å². The van der Waals surface area contributed by atoms with Gasteiger partial charge in [0.25, 0.3) is 0 Å². The van der Waals surface area contributed by atoms with Crippen LogP contribution >= 0.6 is 0 Å². The zero-order valence-electron chi connectivity index (χ0n) is 3.54. The van der Waals surface area contributed by atoms with Crippen LogP contribution < -0.4 is 51.4 Å². The molecule has 0 aromatic carbocycles. The molecule has 0 aliphatic rings. The molecule has 0 aliphatic carbocycles. The number of rotatable bonds is 0. The summed E-state index contributed by atoms with van der Waals surface area (Å²) in [5.74, 6) is 0. The van der Waals surface area contributed by atoms with Crippen molar-refractivity contribution in [2.24, 2.45) is 0 Å². The van der Waals surface area contributed by atoms with E-state index in [1.807, 2.05) is 0 Å². The van der Waals surface area contributed by atoms with Gasteiger partial charge in [-0.3, -0.25) is 8.42 Å². The minimum atomic E-state index is -5.17. The van der Waals surface area contributed by atoms with Crippen molar-refractivity contribution < 1.29 is 95.1 Å². The zero-order chi connectivity index (χ0) is 4.50. The summed E-state index contributed by atoms with van der Waals surface area (Å²) in [6.45, 7) is 0. The van der Waals surface area contributed by atoms with Crippen molar-refractivity contribution in [3.63, 3.8) is 0 Å². The average Bonchev–Trinajstić information content (AvgIpc) is 0.722. The van der Waals surface area contributed by atoms with Gasteiger partial charge in [-0.15, -0.1) is 0 Å². The summed E-state index contributed by atoms with van der Waals surface area (Å²) >= 11 is 0. The maximum absolute atomic E-state index is 8.52. The number of hydrogen-bond donors (Lipinski definition) is 0. The van der Waals surface area contributed by atoms with Crippen molar-refractivity contribution in [1.82, 2.24) is 0 Å². The molecule has 0 aromatic rings. The molecule has 0 aromatic heterocycles. The Morgan fingerprint density at radius 3 is 1.14 bits per heavy atom. The van der Waals surface area contributed by atoms with Crippen LogP contribution in [0, 0.1) is 0 Å². The van der Waals surface area contributed by atoms with Crippen LogP contribution in [-0.4, -0.2) is 17.5 Å². The van der Waals surface area contributed by atoms with Crippen molar-refractivity contribution in [2.45, 2.75) is 0 Å². The van der Waals surface area contributed by atoms with Crippen molar-refractivity contribution in [3.8, 4) is 0 Å². The summed E-state index contributed by atoms with van der Waals surface area (Å²) in [6, 6.07) is 0. The van der Waals surface area contributed by atoms with E-state index in [1.54, 1.807) is 0 Å². The third kappa shape index (κ3) is 60.0. The van der Waals surface area contributed by atoms with Gasteiger partial charge in [0.1, 0.15) is 0 Å². The van der Waals surface area contributed by atoms with Gasteiger partial charge in [-0.05, 0) is 0 Å². The van der Waals surface area contributed by atoms with E-state index in [1.165, 1.54) is 0 Å². The maximum Gasteiger partial charge on any atom is 1.00 e. The fraction of sp³-hybridized carbons (Fsp3) is 0. The molecule has 0 unspecified atom stereocenters. The Balaban J connectivity index is -0.0000000800. The second-order valence-electron chi connectivity index (χ2n) is 0.408. The van der Waals surface area contributed by atoms with Gasteiger partial charge in [-0.1, -0.05) is 0 Å². The first-order valence-corrected chi connectivity index (χ1v) is 2.00. The molecule has 0 atom stereocenters. The van der Waals surface area contributed by atoms with Gasteiger partial charge in [0.2, 0.25) is 0 Å². The monoisotopic (exact) mass is 225 g/mol. The van der Waals surface area contributed by atoms with E-state index in [4.69, 9.17) is 17.5 Å². The first-order chi connectivity index (χ1) is 2.00. The molecular weight excluding hydrogens is 226 g/mol. The Labute approximate surface area is 103 Å². The first kappa shape index (κ1) is 16.2. The SMILES string of the molecule is O=S(=O)([O-])[O-].[K+].[Zr]. The van der Waals surface area contributed by atoms with E-state index in [0.29, 0.717) is 0 Å². The summed E-state index contributed by atoms with van der Waals surface area (Å²) in [5, 5.41) is 0. The Morgan fingerprint density at radius 2 is 1.14 bits per heavy atom. The Bertz CT molecular complexity index is 94.9. The van der Waals surface area contributed by atoms with Crippen LogP contribution in [0.3, 0.4) is 0 Å². The van der Waals surface area contributed by atoms with Gasteiger partial charge in [0.15, 0.2) is 0 Å². The predicted molar refractivity (Wildman–Crippen MR) is 10.5 cm³/mol. The van der Waals surface area contributed by atoms with Crippen LogP contribution in [0.2, 0.25) is 0 Å². The molecule has 4 nitrogen and oxygen atoms in total. The largest absolute Gasteiger partial charge is 1.00 e. The second-order valence-corrected chi connectivity index (χ2v) is 1.22. The quantitative estimate of drug-likeness (QED) is 0.238. The molecule has 0 saturated heterocycles. The molecule has 0 amide bonds. The normalized spacial score (nSPS) is 8.29. The minimum absolute atomic E-state index is 0. The van der Waals surface area contributed by atoms with Crippen LogP contribution in [0.5, 0.6) is 0 Å². The molecule has 7 heteroatoms. The van der Waals surface area contributed by atoms with E-state index in [2.05, 4.69) is 0 Å². The molecule has 36 valence electrons. The van der Waals surface area contributed by atoms with Crippen LogP contribution in [0.1, 0.15) is 0 Å². The number of hydrogen-bond acceptors (Lipinski definition) is 4. The van der Waals surface area contributed by atoms with Gasteiger partial charge in [0.05, 0.1) is 0 Å². The Kier molecular flexibility index (Phi) is 15.1. The van der Waals surface area contributed by atoms with Crippen molar-refractivity contribution >= 4 is 10.4 Å². The van der Waals surface area contributed by atoms with Crippen molar-refractivity contribution in [2.75, 3.05) is 0 Å². The summed E-state index contributed by atoms with van der Waals surface area (Å²) in [7, 11) is -5.17. The van der Waals surface area contributed by atoms with Gasteiger partial charge >= 0.3 is 51.4 Å². The van der Waals surface area contributed by atoms with E-state index >= 15 is 0 Å². The smallest absolute Gasteiger partial charge is 0.759 e. The summed E-state index contributed by atoms with van der Waals surface area (Å²) in [6.07, 6.45) is 0. The Morgan fingerprint density at radius 1 is 1.14 bits per heavy atom. The van der Waals surface area contributed by atoms with Crippen LogP contribution in [-0.2, 0) is 36.6 Å². The maximum atomic E-state index is 8.52. The van der Waals surface area contributed by atoms with Gasteiger partial charge in [0, 0.05) is 36.6 Å². The molecule has 0 bridgehead atoms. The van der Waals surface area contributed by atoms with Crippen molar-refractivity contribution in [3.05, 3.63) is 0 Å². The third-order valence-electron chi connectivity index (χ3n) is 0. The molecule has 0 heterocycles. The van der Waals surface area contributed by atoms with Crippen LogP contribution in [0.4, 0.5) is 0 Å². The molecule has 0 saturated carbocycles. The minimum Gasteiger partial charge on any atom is -0.759 e. The molecule has 7 heavy (non-hydrogen) atoms. The topological polar surface area (TPSA) is 80.3 Å². The fourth-order valence-corrected chi connectivity index (χ4v) is 0. The van der Waals surface area contributed by atoms with Gasteiger partial charge in [-0.2, -0.15) is 0 Å². The summed E-state index contributed by atoms with van der Waals surface area (Å²) in [5.41, 5.74) is 0. The standard InChI is InChI=1S/K.H2O4S.Zr/c;1-5(2,3)4;/h;(H2,1,2,3,4);/q+1;;/p-2. The van der Waals surface area contributed by atoms with Crippen molar-refractivity contribution in [1.29, 1.82) is 0 Å². The molecule has 0 radical (unpaired) electrons. The Hall–Kier alpha value is 2.39. The predicted octanol–water partition coefficient (Wildman–Crippen LogP) is -4.34. The molecule has 0 fully saturated rings. The summed E-state index contributed by atoms with van der Waals surface area (Å²) < 4.78 is 34.1. The van der Waals surface area contributed by atoms with E-state index < -0.39 is 10.4 Å². The van der Waals surface area contributed by atoms with Crippen LogP contribution in [0.25, 0.3) is 0 Å². The van der Waals surface area contributed by atoms with Crippen LogP contribution in [0.15, 0.2) is 0 Å². The third-order valence-corrected chi connectivity index (χ3v) is 0. The molecule has 0 N–H and O–H groups in total. The molecular formula is KO4SZr-. The average molecular weight is 226 g/mol. The second kappa shape index (κ2) is 6.51. The van der Waals surface area contributed by atoms with E-state index in [-0.39, 0.29) is 77.6 Å².